The third-order valence-electron chi connectivity index (χ3n) is 5.18. The fraction of sp³-hybridized carbons (Fsp3) is 0.208. The van der Waals surface area contributed by atoms with Gasteiger partial charge in [-0.15, -0.1) is 0 Å². The summed E-state index contributed by atoms with van der Waals surface area (Å²) in [5.74, 6) is -0.373. The van der Waals surface area contributed by atoms with Crippen molar-refractivity contribution in [2.45, 2.75) is 26.3 Å². The number of carbonyl (C=O) groups excluding carboxylic acids is 1. The van der Waals surface area contributed by atoms with Crippen LogP contribution in [0.2, 0.25) is 5.02 Å². The third-order valence-corrected chi connectivity index (χ3v) is 6.45. The number of phenolic OH excluding ortho intramolecular Hbond substituents is 1. The van der Waals surface area contributed by atoms with Gasteiger partial charge in [-0.2, -0.15) is 0 Å². The van der Waals surface area contributed by atoms with Gasteiger partial charge in [-0.3, -0.25) is 9.36 Å². The molecule has 6 nitrogen and oxygen atoms in total. The maximum Gasteiger partial charge on any atom is 0.338 e. The maximum atomic E-state index is 13.4. The molecule has 4 rings (SSSR count). The third kappa shape index (κ3) is 4.13. The molecular formula is C24H21ClN2O4S. The molecule has 32 heavy (non-hydrogen) atoms. The zero-order valence-corrected chi connectivity index (χ0v) is 19.1. The Labute approximate surface area is 193 Å². The summed E-state index contributed by atoms with van der Waals surface area (Å²) in [6.07, 6.45) is 2.08. The van der Waals surface area contributed by atoms with Crippen molar-refractivity contribution in [1.29, 1.82) is 0 Å². The highest BCUT2D eigenvalue weighted by Gasteiger charge is 2.33. The van der Waals surface area contributed by atoms with Crippen LogP contribution in [0.15, 0.2) is 69.6 Å². The first-order valence-corrected chi connectivity index (χ1v) is 11.3. The van der Waals surface area contributed by atoms with Crippen LogP contribution in [0.4, 0.5) is 0 Å². The largest absolute Gasteiger partial charge is 0.508 e. The van der Waals surface area contributed by atoms with Gasteiger partial charge in [0.15, 0.2) is 4.80 Å². The van der Waals surface area contributed by atoms with E-state index in [9.17, 15) is 14.7 Å². The minimum atomic E-state index is -0.631. The van der Waals surface area contributed by atoms with Crippen LogP contribution in [0.25, 0.3) is 6.08 Å². The lowest BCUT2D eigenvalue weighted by atomic mass is 9.96. The Kier molecular flexibility index (Phi) is 6.30. The second-order valence-electron chi connectivity index (χ2n) is 7.25. The first-order chi connectivity index (χ1) is 15.4. The van der Waals surface area contributed by atoms with Crippen LogP contribution in [-0.4, -0.2) is 22.2 Å². The van der Waals surface area contributed by atoms with E-state index in [1.54, 1.807) is 36.6 Å². The number of ether oxygens (including phenoxy) is 1. The monoisotopic (exact) mass is 468 g/mol. The van der Waals surface area contributed by atoms with Crippen molar-refractivity contribution < 1.29 is 14.6 Å². The standard InChI is InChI=1S/C24H21ClN2O4S/c1-3-31-23(30)20-14(2)26-24-27(21(20)15-7-5-4-6-8-15)22(29)19(32-24)12-9-16-13-17(25)10-11-18(16)28/h4-8,10-13,21,28H,3,9H2,1-2H3/b19-12-/t21-/m1/s1. The van der Waals surface area contributed by atoms with Crippen molar-refractivity contribution in [2.75, 3.05) is 6.61 Å². The van der Waals surface area contributed by atoms with E-state index in [1.807, 2.05) is 30.3 Å². The van der Waals surface area contributed by atoms with E-state index in [2.05, 4.69) is 4.99 Å². The molecule has 1 aliphatic heterocycles. The van der Waals surface area contributed by atoms with Gasteiger partial charge in [-0.1, -0.05) is 59.3 Å². The van der Waals surface area contributed by atoms with Gasteiger partial charge < -0.3 is 9.84 Å². The number of hydrogen-bond acceptors (Lipinski definition) is 6. The normalized spacial score (nSPS) is 16.0. The molecule has 1 atom stereocenters. The lowest BCUT2D eigenvalue weighted by Crippen LogP contribution is -2.39. The maximum absolute atomic E-state index is 13.4. The summed E-state index contributed by atoms with van der Waals surface area (Å²) in [6.45, 7) is 3.72. The molecule has 0 saturated heterocycles. The average Bonchev–Trinajstić information content (AvgIpc) is 3.09. The van der Waals surface area contributed by atoms with E-state index >= 15 is 0 Å². The van der Waals surface area contributed by atoms with E-state index in [-0.39, 0.29) is 17.9 Å². The summed E-state index contributed by atoms with van der Waals surface area (Å²) in [5.41, 5.74) is 2.04. The van der Waals surface area contributed by atoms with Gasteiger partial charge >= 0.3 is 5.97 Å². The Morgan fingerprint density at radius 2 is 2.03 bits per heavy atom. The number of hydrogen-bond donors (Lipinski definition) is 1. The molecule has 164 valence electrons. The van der Waals surface area contributed by atoms with Crippen LogP contribution in [0.5, 0.6) is 5.75 Å². The number of thiazole rings is 1. The number of rotatable bonds is 5. The molecule has 0 saturated carbocycles. The van der Waals surface area contributed by atoms with Crippen molar-refractivity contribution in [2.24, 2.45) is 4.99 Å². The molecule has 0 unspecified atom stereocenters. The summed E-state index contributed by atoms with van der Waals surface area (Å²) in [7, 11) is 0. The van der Waals surface area contributed by atoms with Crippen LogP contribution in [0, 0.1) is 0 Å². The number of nitrogens with zero attached hydrogens (tertiary/aromatic N) is 2. The molecule has 8 heteroatoms. The number of fused-ring (bicyclic) bond motifs is 1. The van der Waals surface area contributed by atoms with Crippen molar-refractivity contribution in [1.82, 2.24) is 4.57 Å². The smallest absolute Gasteiger partial charge is 0.338 e. The van der Waals surface area contributed by atoms with Gasteiger partial charge in [-0.05, 0) is 49.6 Å². The number of halogens is 1. The average molecular weight is 469 g/mol. The van der Waals surface area contributed by atoms with Crippen LogP contribution in [0.1, 0.15) is 31.0 Å². The van der Waals surface area contributed by atoms with E-state index < -0.39 is 12.0 Å². The quantitative estimate of drug-likeness (QED) is 0.582. The fourth-order valence-corrected chi connectivity index (χ4v) is 4.91. The summed E-state index contributed by atoms with van der Waals surface area (Å²) < 4.78 is 7.30. The predicted molar refractivity (Wildman–Crippen MR) is 125 cm³/mol. The van der Waals surface area contributed by atoms with Crippen molar-refractivity contribution >= 4 is 35.0 Å². The molecule has 0 radical (unpaired) electrons. The topological polar surface area (TPSA) is 80.9 Å². The van der Waals surface area contributed by atoms with E-state index in [0.717, 1.165) is 5.56 Å². The number of esters is 1. The Bertz CT molecular complexity index is 1390. The van der Waals surface area contributed by atoms with Crippen molar-refractivity contribution in [3.8, 4) is 5.75 Å². The highest BCUT2D eigenvalue weighted by Crippen LogP contribution is 2.30. The second kappa shape index (κ2) is 9.14. The molecule has 1 N–H and O–H groups in total. The summed E-state index contributed by atoms with van der Waals surface area (Å²) >= 11 is 7.28. The van der Waals surface area contributed by atoms with Crippen LogP contribution in [0.3, 0.4) is 0 Å². The lowest BCUT2D eigenvalue weighted by molar-refractivity contribution is -0.139. The molecule has 2 heterocycles. The minimum Gasteiger partial charge on any atom is -0.508 e. The minimum absolute atomic E-state index is 0.112. The van der Waals surface area contributed by atoms with Crippen LogP contribution >= 0.6 is 22.9 Å². The molecule has 0 bridgehead atoms. The Balaban J connectivity index is 1.86. The highest BCUT2D eigenvalue weighted by molar-refractivity contribution is 7.07. The molecule has 0 spiro atoms. The first kappa shape index (κ1) is 22.0. The number of aromatic hydroxyl groups is 1. The molecule has 1 aromatic heterocycles. The van der Waals surface area contributed by atoms with Gasteiger partial charge in [-0.25, -0.2) is 9.79 Å². The first-order valence-electron chi connectivity index (χ1n) is 10.1. The van der Waals surface area contributed by atoms with Gasteiger partial charge in [0.2, 0.25) is 0 Å². The molecule has 0 fully saturated rings. The molecule has 0 amide bonds. The molecule has 3 aromatic rings. The van der Waals surface area contributed by atoms with E-state index in [1.165, 1.54) is 17.4 Å². The molecular weight excluding hydrogens is 448 g/mol. The van der Waals surface area contributed by atoms with E-state index in [4.69, 9.17) is 16.3 Å². The predicted octanol–water partition coefficient (Wildman–Crippen LogP) is 3.35. The van der Waals surface area contributed by atoms with Crippen LogP contribution in [-0.2, 0) is 16.0 Å². The number of allylic oxidation sites excluding steroid dienone is 1. The van der Waals surface area contributed by atoms with Crippen molar-refractivity contribution in [3.05, 3.63) is 95.6 Å². The van der Waals surface area contributed by atoms with E-state index in [0.29, 0.717) is 37.6 Å². The number of phenols is 1. The summed E-state index contributed by atoms with van der Waals surface area (Å²) in [6, 6.07) is 13.5. The van der Waals surface area contributed by atoms with Gasteiger partial charge in [0.05, 0.1) is 28.5 Å². The van der Waals surface area contributed by atoms with Gasteiger partial charge in [0.25, 0.3) is 5.56 Å². The summed E-state index contributed by atoms with van der Waals surface area (Å²) in [5, 5.41) is 10.6. The molecule has 2 aromatic carbocycles. The Morgan fingerprint density at radius 1 is 1.28 bits per heavy atom. The zero-order valence-electron chi connectivity index (χ0n) is 17.5. The van der Waals surface area contributed by atoms with Crippen molar-refractivity contribution in [3.63, 3.8) is 0 Å². The van der Waals surface area contributed by atoms with Gasteiger partial charge in [0, 0.05) is 5.02 Å². The Morgan fingerprint density at radius 3 is 2.75 bits per heavy atom. The Hall–Kier alpha value is -3.16. The molecule has 1 aliphatic rings. The number of benzene rings is 2. The fourth-order valence-electron chi connectivity index (χ4n) is 3.70. The van der Waals surface area contributed by atoms with Crippen LogP contribution < -0.4 is 14.9 Å². The SMILES string of the molecule is CCOC(=O)C1=C(C)N=c2s/c(=C\Cc3cc(Cl)ccc3O)c(=O)n2[C@@H]1c1ccccc1. The number of aromatic nitrogens is 1. The second-order valence-corrected chi connectivity index (χ2v) is 8.70. The van der Waals surface area contributed by atoms with Gasteiger partial charge in [0.1, 0.15) is 5.75 Å². The number of carbonyl (C=O) groups is 1. The zero-order chi connectivity index (χ0) is 22.8. The highest BCUT2D eigenvalue weighted by atomic mass is 35.5. The molecule has 0 aliphatic carbocycles. The summed E-state index contributed by atoms with van der Waals surface area (Å²) in [4.78, 5) is 31.3. The lowest BCUT2D eigenvalue weighted by Gasteiger charge is -2.24.